The van der Waals surface area contributed by atoms with Crippen molar-refractivity contribution >= 4 is 22.4 Å². The van der Waals surface area contributed by atoms with Crippen molar-refractivity contribution in [3.05, 3.63) is 71.1 Å². The van der Waals surface area contributed by atoms with Crippen molar-refractivity contribution < 1.29 is 13.6 Å². The van der Waals surface area contributed by atoms with Crippen molar-refractivity contribution in [1.82, 2.24) is 14.8 Å². The van der Waals surface area contributed by atoms with Crippen LogP contribution in [0.4, 0.5) is 13.9 Å². The molecule has 0 aliphatic carbocycles. The third-order valence-corrected chi connectivity index (χ3v) is 5.97. The molecule has 1 amide bonds. The molecule has 1 aliphatic rings. The van der Waals surface area contributed by atoms with Crippen molar-refractivity contribution in [2.24, 2.45) is 0 Å². The molecule has 0 bridgehead atoms. The number of aromatic nitrogens is 1. The van der Waals surface area contributed by atoms with E-state index in [0.29, 0.717) is 16.4 Å². The van der Waals surface area contributed by atoms with Gasteiger partial charge in [0.15, 0.2) is 16.8 Å². The van der Waals surface area contributed by atoms with Crippen molar-refractivity contribution in [2.75, 3.05) is 38.5 Å². The topological polar surface area (TPSA) is 48.5 Å². The summed E-state index contributed by atoms with van der Waals surface area (Å²) < 4.78 is 26.7. The van der Waals surface area contributed by atoms with E-state index in [1.165, 1.54) is 17.4 Å². The predicted molar refractivity (Wildman–Crippen MR) is 114 cm³/mol. The molecular formula is C22H22F2N4OS. The summed E-state index contributed by atoms with van der Waals surface area (Å²) in [6, 6.07) is 12.9. The fourth-order valence-corrected chi connectivity index (χ4v) is 4.26. The zero-order chi connectivity index (χ0) is 21.1. The van der Waals surface area contributed by atoms with E-state index < -0.39 is 17.7 Å². The van der Waals surface area contributed by atoms with Gasteiger partial charge in [-0.1, -0.05) is 30.3 Å². The predicted octanol–water partition coefficient (Wildman–Crippen LogP) is 4.02. The molecular weight excluding hydrogens is 406 g/mol. The Kier molecular flexibility index (Phi) is 6.17. The maximum atomic E-state index is 13.5. The number of hydrogen-bond donors (Lipinski definition) is 1. The zero-order valence-corrected chi connectivity index (χ0v) is 17.3. The highest BCUT2D eigenvalue weighted by molar-refractivity contribution is 7.14. The molecule has 30 heavy (non-hydrogen) atoms. The quantitative estimate of drug-likeness (QED) is 0.667. The maximum Gasteiger partial charge on any atom is 0.248 e. The van der Waals surface area contributed by atoms with Gasteiger partial charge in [-0.15, -0.1) is 11.3 Å². The number of carbonyl (C=O) groups excluding carboxylic acids is 1. The molecule has 5 nitrogen and oxygen atoms in total. The van der Waals surface area contributed by atoms with Gasteiger partial charge in [-0.25, -0.2) is 13.8 Å². The van der Waals surface area contributed by atoms with Crippen LogP contribution in [0.5, 0.6) is 0 Å². The van der Waals surface area contributed by atoms with Crippen molar-refractivity contribution in [3.8, 4) is 11.3 Å². The van der Waals surface area contributed by atoms with Crippen LogP contribution in [0, 0.1) is 11.6 Å². The highest BCUT2D eigenvalue weighted by atomic mass is 32.1. The Morgan fingerprint density at radius 3 is 2.50 bits per heavy atom. The molecule has 1 unspecified atom stereocenters. The number of nitrogens with zero attached hydrogens (tertiary/aromatic N) is 3. The molecule has 1 atom stereocenters. The fraction of sp³-hybridized carbons (Fsp3) is 0.273. The number of piperazine rings is 1. The smallest absolute Gasteiger partial charge is 0.248 e. The monoisotopic (exact) mass is 428 g/mol. The Morgan fingerprint density at radius 1 is 1.07 bits per heavy atom. The largest absolute Gasteiger partial charge is 0.304 e. The van der Waals surface area contributed by atoms with Crippen LogP contribution in [0.2, 0.25) is 0 Å². The second-order valence-corrected chi connectivity index (χ2v) is 8.17. The van der Waals surface area contributed by atoms with Gasteiger partial charge >= 0.3 is 0 Å². The summed E-state index contributed by atoms with van der Waals surface area (Å²) in [4.78, 5) is 22.0. The van der Waals surface area contributed by atoms with Gasteiger partial charge in [0.05, 0.1) is 5.69 Å². The van der Waals surface area contributed by atoms with E-state index in [2.05, 4.69) is 27.1 Å². The Labute approximate surface area is 178 Å². The van der Waals surface area contributed by atoms with Crippen molar-refractivity contribution in [2.45, 2.75) is 6.04 Å². The first-order valence-electron chi connectivity index (χ1n) is 9.70. The Balaban J connectivity index is 1.54. The molecule has 1 saturated heterocycles. The van der Waals surface area contributed by atoms with Gasteiger partial charge in [0.1, 0.15) is 6.04 Å². The van der Waals surface area contributed by atoms with Gasteiger partial charge in [0.25, 0.3) is 0 Å². The summed E-state index contributed by atoms with van der Waals surface area (Å²) in [5, 5.41) is 5.05. The lowest BCUT2D eigenvalue weighted by molar-refractivity contribution is -0.122. The lowest BCUT2D eigenvalue weighted by Gasteiger charge is -2.37. The highest BCUT2D eigenvalue weighted by Crippen LogP contribution is 2.28. The van der Waals surface area contributed by atoms with Crippen LogP contribution in [0.3, 0.4) is 0 Å². The molecule has 3 aromatic rings. The molecule has 0 spiro atoms. The van der Waals surface area contributed by atoms with E-state index in [9.17, 15) is 13.6 Å². The molecule has 1 N–H and O–H groups in total. The maximum absolute atomic E-state index is 13.5. The average molecular weight is 429 g/mol. The number of likely N-dealkylation sites (N-methyl/N-ethyl adjacent to an activating group) is 1. The molecule has 1 aliphatic heterocycles. The minimum absolute atomic E-state index is 0.156. The SMILES string of the molecule is CN1CCN(C(C(=O)Nc2nc(-c3ccc(F)c(F)c3)cs2)c2ccccc2)CC1. The molecule has 0 radical (unpaired) electrons. The van der Waals surface area contributed by atoms with Crippen molar-refractivity contribution in [3.63, 3.8) is 0 Å². The molecule has 1 aromatic heterocycles. The standard InChI is InChI=1S/C22H22F2N4OS/c1-27-9-11-28(12-10-27)20(15-5-3-2-4-6-15)21(29)26-22-25-19(14-30-22)16-7-8-17(23)18(24)13-16/h2-8,13-14,20H,9-12H2,1H3,(H,25,26,29). The summed E-state index contributed by atoms with van der Waals surface area (Å²) in [5.41, 5.74) is 1.88. The van der Waals surface area contributed by atoms with E-state index in [4.69, 9.17) is 0 Å². The summed E-state index contributed by atoms with van der Waals surface area (Å²) >= 11 is 1.26. The van der Waals surface area contributed by atoms with Crippen LogP contribution >= 0.6 is 11.3 Å². The summed E-state index contributed by atoms with van der Waals surface area (Å²) in [6.07, 6.45) is 0. The van der Waals surface area contributed by atoms with E-state index in [-0.39, 0.29) is 5.91 Å². The van der Waals surface area contributed by atoms with E-state index >= 15 is 0 Å². The second-order valence-electron chi connectivity index (χ2n) is 7.31. The lowest BCUT2D eigenvalue weighted by atomic mass is 10.0. The third-order valence-electron chi connectivity index (χ3n) is 5.22. The van der Waals surface area contributed by atoms with E-state index in [1.54, 1.807) is 5.38 Å². The summed E-state index contributed by atoms with van der Waals surface area (Å²) in [5.74, 6) is -1.98. The van der Waals surface area contributed by atoms with Crippen molar-refractivity contribution in [1.29, 1.82) is 0 Å². The van der Waals surface area contributed by atoms with Gasteiger partial charge in [0.2, 0.25) is 5.91 Å². The first-order chi connectivity index (χ1) is 14.5. The molecule has 8 heteroatoms. The first-order valence-corrected chi connectivity index (χ1v) is 10.6. The molecule has 2 aromatic carbocycles. The number of thiazole rings is 1. The van der Waals surface area contributed by atoms with E-state index in [1.807, 2.05) is 30.3 Å². The van der Waals surface area contributed by atoms with Gasteiger partial charge in [-0.2, -0.15) is 0 Å². The van der Waals surface area contributed by atoms with E-state index in [0.717, 1.165) is 43.9 Å². The lowest BCUT2D eigenvalue weighted by Crippen LogP contribution is -2.48. The van der Waals surface area contributed by atoms with Crippen LogP contribution in [-0.2, 0) is 4.79 Å². The number of hydrogen-bond acceptors (Lipinski definition) is 5. The van der Waals surface area contributed by atoms with Crippen LogP contribution in [0.1, 0.15) is 11.6 Å². The summed E-state index contributed by atoms with van der Waals surface area (Å²) in [6.45, 7) is 3.38. The van der Waals surface area contributed by atoms with Crippen LogP contribution in [0.25, 0.3) is 11.3 Å². The Morgan fingerprint density at radius 2 is 1.80 bits per heavy atom. The number of nitrogens with one attached hydrogen (secondary N) is 1. The highest BCUT2D eigenvalue weighted by Gasteiger charge is 2.30. The normalized spacial score (nSPS) is 16.4. The number of benzene rings is 2. The number of anilines is 1. The third kappa shape index (κ3) is 4.56. The van der Waals surface area contributed by atoms with Crippen LogP contribution in [0.15, 0.2) is 53.9 Å². The minimum Gasteiger partial charge on any atom is -0.304 e. The Bertz CT molecular complexity index is 1020. The van der Waals surface area contributed by atoms with Crippen LogP contribution in [-0.4, -0.2) is 53.9 Å². The summed E-state index contributed by atoms with van der Waals surface area (Å²) in [7, 11) is 2.07. The number of carbonyl (C=O) groups is 1. The number of amides is 1. The van der Waals surface area contributed by atoms with Crippen LogP contribution < -0.4 is 5.32 Å². The second kappa shape index (κ2) is 8.99. The fourth-order valence-electron chi connectivity index (χ4n) is 3.54. The molecule has 156 valence electrons. The average Bonchev–Trinajstić information content (AvgIpc) is 3.21. The molecule has 2 heterocycles. The zero-order valence-electron chi connectivity index (χ0n) is 16.5. The number of rotatable bonds is 5. The van der Waals surface area contributed by atoms with Gasteiger partial charge in [-0.3, -0.25) is 9.69 Å². The van der Waals surface area contributed by atoms with Gasteiger partial charge in [-0.05, 0) is 30.8 Å². The first kappa shape index (κ1) is 20.6. The Hall–Kier alpha value is -2.68. The minimum atomic E-state index is -0.926. The molecule has 4 rings (SSSR count). The van der Waals surface area contributed by atoms with Gasteiger partial charge in [0, 0.05) is 37.1 Å². The number of halogens is 2. The molecule has 1 fully saturated rings. The van der Waals surface area contributed by atoms with Gasteiger partial charge < -0.3 is 10.2 Å². The molecule has 0 saturated carbocycles.